The highest BCUT2D eigenvalue weighted by atomic mass is 16.5. The van der Waals surface area contributed by atoms with Crippen LogP contribution in [0.2, 0.25) is 0 Å². The molecule has 1 saturated carbocycles. The molecule has 3 rings (SSSR count). The maximum absolute atomic E-state index is 13.0. The highest BCUT2D eigenvalue weighted by Gasteiger charge is 2.52. The number of carbonyl (C=O) groups is 1. The number of nitrogens with zero attached hydrogens (tertiary/aromatic N) is 4. The number of benzene rings is 1. The molecule has 7 heteroatoms. The van der Waals surface area contributed by atoms with Crippen LogP contribution in [0.4, 0.5) is 0 Å². The Hall–Kier alpha value is -2.44. The molecule has 1 amide bonds. The van der Waals surface area contributed by atoms with Crippen LogP contribution in [-0.2, 0) is 10.2 Å². The number of rotatable bonds is 6. The van der Waals surface area contributed by atoms with Crippen LogP contribution >= 0.6 is 0 Å². The lowest BCUT2D eigenvalue weighted by atomic mass is 9.93. The molecule has 128 valence electrons. The smallest absolute Gasteiger partial charge is 0.232 e. The molecule has 1 N–H and O–H groups in total. The highest BCUT2D eigenvalue weighted by Crippen LogP contribution is 2.50. The second-order valence-electron chi connectivity index (χ2n) is 6.62. The van der Waals surface area contributed by atoms with Gasteiger partial charge in [0.25, 0.3) is 0 Å². The summed E-state index contributed by atoms with van der Waals surface area (Å²) in [6, 6.07) is 6.05. The van der Waals surface area contributed by atoms with Gasteiger partial charge in [0.15, 0.2) is 5.82 Å². The van der Waals surface area contributed by atoms with Crippen molar-refractivity contribution in [2.24, 2.45) is 0 Å². The molecule has 1 heterocycles. The number of ether oxygens (including phenoxy) is 1. The topological polar surface area (TPSA) is 84.0 Å². The predicted octanol–water partition coefficient (Wildman–Crippen LogP) is 1.81. The van der Waals surface area contributed by atoms with Crippen molar-refractivity contribution >= 4 is 5.91 Å². The molecular weight excluding hydrogens is 306 g/mol. The Bertz CT molecular complexity index is 725. The maximum atomic E-state index is 13.0. The number of likely N-dealkylation sites (N-methyl/N-ethyl adjacent to an activating group) is 1. The lowest BCUT2D eigenvalue weighted by molar-refractivity contribution is -0.132. The fraction of sp³-hybridized carbons (Fsp3) is 0.529. The molecule has 7 nitrogen and oxygen atoms in total. The van der Waals surface area contributed by atoms with Crippen molar-refractivity contribution in [2.75, 3.05) is 20.7 Å². The number of amides is 1. The molecule has 0 radical (unpaired) electrons. The molecule has 1 fully saturated rings. The van der Waals surface area contributed by atoms with Gasteiger partial charge in [0, 0.05) is 19.5 Å². The Morgan fingerprint density at radius 3 is 2.79 bits per heavy atom. The van der Waals surface area contributed by atoms with E-state index in [0.29, 0.717) is 12.4 Å². The van der Waals surface area contributed by atoms with Crippen LogP contribution in [0.1, 0.15) is 42.6 Å². The van der Waals surface area contributed by atoms with E-state index >= 15 is 0 Å². The molecule has 24 heavy (non-hydrogen) atoms. The molecule has 0 spiro atoms. The summed E-state index contributed by atoms with van der Waals surface area (Å²) in [7, 11) is 3.50. The van der Waals surface area contributed by atoms with Crippen LogP contribution in [0, 0.1) is 6.92 Å². The molecule has 1 aromatic heterocycles. The third kappa shape index (κ3) is 2.86. The highest BCUT2D eigenvalue weighted by molar-refractivity contribution is 5.91. The summed E-state index contributed by atoms with van der Waals surface area (Å²) >= 11 is 0. The Morgan fingerprint density at radius 1 is 1.46 bits per heavy atom. The van der Waals surface area contributed by atoms with E-state index < -0.39 is 5.41 Å². The van der Waals surface area contributed by atoms with Gasteiger partial charge in [0.1, 0.15) is 5.75 Å². The van der Waals surface area contributed by atoms with Gasteiger partial charge in [-0.05, 0) is 37.0 Å². The van der Waals surface area contributed by atoms with E-state index in [9.17, 15) is 4.79 Å². The van der Waals surface area contributed by atoms with E-state index in [1.807, 2.05) is 39.1 Å². The van der Waals surface area contributed by atoms with E-state index in [2.05, 4.69) is 20.6 Å². The largest absolute Gasteiger partial charge is 0.496 e. The molecular formula is C17H23N5O2. The first-order valence-electron chi connectivity index (χ1n) is 8.12. The van der Waals surface area contributed by atoms with Gasteiger partial charge < -0.3 is 9.64 Å². The average molecular weight is 329 g/mol. The summed E-state index contributed by atoms with van der Waals surface area (Å²) in [5, 5.41) is 14.0. The summed E-state index contributed by atoms with van der Waals surface area (Å²) < 4.78 is 5.41. The number of nitrogens with one attached hydrogen (secondary N) is 1. The summed E-state index contributed by atoms with van der Waals surface area (Å²) in [4.78, 5) is 14.8. The number of aromatic amines is 1. The van der Waals surface area contributed by atoms with Gasteiger partial charge in [0.05, 0.1) is 12.5 Å². The number of methoxy groups -OCH3 is 1. The quantitative estimate of drug-likeness (QED) is 0.874. The fourth-order valence-corrected chi connectivity index (χ4v) is 3.19. The Labute approximate surface area is 141 Å². The van der Waals surface area contributed by atoms with Crippen molar-refractivity contribution in [3.8, 4) is 5.75 Å². The number of carbonyl (C=O) groups excluding carboxylic acids is 1. The molecule has 1 aromatic carbocycles. The predicted molar refractivity (Wildman–Crippen MR) is 88.9 cm³/mol. The zero-order valence-corrected chi connectivity index (χ0v) is 14.5. The van der Waals surface area contributed by atoms with Gasteiger partial charge in [-0.3, -0.25) is 4.79 Å². The van der Waals surface area contributed by atoms with E-state index in [1.54, 1.807) is 12.0 Å². The van der Waals surface area contributed by atoms with Gasteiger partial charge in [-0.25, -0.2) is 0 Å². The van der Waals surface area contributed by atoms with Crippen LogP contribution in [0.3, 0.4) is 0 Å². The minimum atomic E-state index is -0.410. The van der Waals surface area contributed by atoms with Gasteiger partial charge in [0.2, 0.25) is 5.91 Å². The van der Waals surface area contributed by atoms with Crippen LogP contribution in [-0.4, -0.2) is 52.1 Å². The third-order valence-electron chi connectivity index (χ3n) is 4.82. The monoisotopic (exact) mass is 329 g/mol. The summed E-state index contributed by atoms with van der Waals surface area (Å²) in [6.45, 7) is 4.55. The molecule has 1 aliphatic rings. The van der Waals surface area contributed by atoms with Gasteiger partial charge in [-0.2, -0.15) is 5.21 Å². The van der Waals surface area contributed by atoms with Crippen molar-refractivity contribution in [2.45, 2.75) is 38.0 Å². The minimum absolute atomic E-state index is 0.0288. The number of hydrogen-bond donors (Lipinski definition) is 1. The van der Waals surface area contributed by atoms with E-state index in [4.69, 9.17) is 4.74 Å². The van der Waals surface area contributed by atoms with Crippen LogP contribution in [0.25, 0.3) is 0 Å². The van der Waals surface area contributed by atoms with Crippen molar-refractivity contribution in [1.29, 1.82) is 0 Å². The standard InChI is InChI=1S/C17H23N5O2/c1-11-5-6-13(9-14(11)24-4)17(7-8-17)16(23)22(3)10-12(2)15-18-20-21-19-15/h5-6,9,12H,7-8,10H2,1-4H3,(H,18,19,20,21)/t12-/m1/s1. The Morgan fingerprint density at radius 2 is 2.21 bits per heavy atom. The molecule has 0 bridgehead atoms. The van der Waals surface area contributed by atoms with Crippen LogP contribution < -0.4 is 4.74 Å². The fourth-order valence-electron chi connectivity index (χ4n) is 3.19. The lowest BCUT2D eigenvalue weighted by Crippen LogP contribution is -2.38. The van der Waals surface area contributed by atoms with Crippen molar-refractivity contribution in [3.63, 3.8) is 0 Å². The number of tetrazole rings is 1. The van der Waals surface area contributed by atoms with Crippen LogP contribution in [0.15, 0.2) is 18.2 Å². The Balaban J connectivity index is 1.76. The second kappa shape index (κ2) is 6.22. The lowest BCUT2D eigenvalue weighted by Gasteiger charge is -2.26. The van der Waals surface area contributed by atoms with Gasteiger partial charge in [-0.15, -0.1) is 10.2 Å². The first-order valence-corrected chi connectivity index (χ1v) is 8.12. The number of hydrogen-bond acceptors (Lipinski definition) is 5. The summed E-state index contributed by atoms with van der Waals surface area (Å²) in [5.41, 5.74) is 1.70. The number of H-pyrrole nitrogens is 1. The average Bonchev–Trinajstić information content (AvgIpc) is 3.19. The first-order chi connectivity index (χ1) is 11.5. The van der Waals surface area contributed by atoms with Crippen molar-refractivity contribution < 1.29 is 9.53 Å². The molecule has 0 unspecified atom stereocenters. The normalized spacial score (nSPS) is 16.5. The molecule has 0 aliphatic heterocycles. The zero-order chi connectivity index (χ0) is 17.3. The van der Waals surface area contributed by atoms with E-state index in [-0.39, 0.29) is 11.8 Å². The third-order valence-corrected chi connectivity index (χ3v) is 4.82. The molecule has 0 saturated heterocycles. The van der Waals surface area contributed by atoms with Crippen LogP contribution in [0.5, 0.6) is 5.75 Å². The summed E-state index contributed by atoms with van der Waals surface area (Å²) in [5.74, 6) is 1.62. The maximum Gasteiger partial charge on any atom is 0.232 e. The number of aryl methyl sites for hydroxylation is 1. The van der Waals surface area contributed by atoms with Crippen molar-refractivity contribution in [1.82, 2.24) is 25.5 Å². The minimum Gasteiger partial charge on any atom is -0.496 e. The summed E-state index contributed by atoms with van der Waals surface area (Å²) in [6.07, 6.45) is 1.75. The van der Waals surface area contributed by atoms with Gasteiger partial charge >= 0.3 is 0 Å². The second-order valence-corrected chi connectivity index (χ2v) is 6.62. The SMILES string of the molecule is COc1cc(C2(C(=O)N(C)C[C@@H](C)c3nn[nH]n3)CC2)ccc1C. The molecule has 1 aliphatic carbocycles. The molecule has 2 aromatic rings. The Kier molecular flexibility index (Phi) is 4.26. The zero-order valence-electron chi connectivity index (χ0n) is 14.5. The van der Waals surface area contributed by atoms with Gasteiger partial charge in [-0.1, -0.05) is 24.3 Å². The van der Waals surface area contributed by atoms with E-state index in [0.717, 1.165) is 29.7 Å². The molecule has 1 atom stereocenters. The number of aromatic nitrogens is 4. The van der Waals surface area contributed by atoms with E-state index in [1.165, 1.54) is 0 Å². The van der Waals surface area contributed by atoms with Crippen molar-refractivity contribution in [3.05, 3.63) is 35.2 Å². The first kappa shape index (κ1) is 16.4.